The molecule has 0 aliphatic carbocycles. The third-order valence-electron chi connectivity index (χ3n) is 28.4. The number of fused-ring (bicyclic) bond motifs is 9. The normalized spacial score (nSPS) is 15.3. The van der Waals surface area contributed by atoms with Crippen LogP contribution < -0.4 is 5.59 Å². The van der Waals surface area contributed by atoms with Crippen molar-refractivity contribution in [3.05, 3.63) is 482 Å². The molecule has 0 unspecified atom stereocenters. The first-order chi connectivity index (χ1) is 68.9. The van der Waals surface area contributed by atoms with Crippen LogP contribution >= 0.6 is 27.5 Å². The average molecular weight is 1980 g/mol. The molecule has 0 amide bonds. The van der Waals surface area contributed by atoms with Gasteiger partial charge in [-0.1, -0.05) is 285 Å². The standard InChI is InChI=1S/C35H32BN3O2.C34H23N5O2.C29H20BrN3.C12H24B2O4.C5H3ClN2O2.B/c1-33(2)34(3,4)41-36(40-33)31-21-20-28-29-24-37-23-22-30(29)39(32(28)38-31)35(25-14-8-5-9-15-25,26-16-10-6-11-17-26)27-18-12-7-13-19-27;40-39(41)32-23-36-20-18-28(32)30-17-16-27-29-22-35-21-19-31(29)38(33(27)37-30)34(24-10-4-1-5-11-24,25-12-6-2-7-13-25)26-14-8-3-9-15-26;30-27-17-16-24-25-20-31-19-18-26(25)33(28(24)32-27)29(21-10-4-1-5-11-21,22-12-6-2-7-13-22)23-14-8-3-9-15-23;1-9(2)10(3,4)16-13(15-9)14-17-11(5,6)12(7,8)18-14;6-4-1-2-7-3-5(4)8(9)10;/h5-24H,1-4H3;1-23H;1-20H;1-8H3;1-3H;. The third kappa shape index (κ3) is 17.9. The first kappa shape index (κ1) is 99.3. The second-order valence-corrected chi connectivity index (χ2v) is 39.6. The molecule has 0 bridgehead atoms. The fourth-order valence-corrected chi connectivity index (χ4v) is 20.0. The van der Waals surface area contributed by atoms with Crippen LogP contribution in [0, 0.1) is 20.2 Å². The van der Waals surface area contributed by atoms with Gasteiger partial charge in [-0.05, 0) is 216 Å². The summed E-state index contributed by atoms with van der Waals surface area (Å²) in [5.74, 6) is 0. The number of halogens is 2. The number of rotatable bonds is 17. The molecule has 20 aromatic rings. The fourth-order valence-electron chi connectivity index (χ4n) is 19.5. The summed E-state index contributed by atoms with van der Waals surface area (Å²) in [4.78, 5) is 57.5. The van der Waals surface area contributed by atoms with Crippen molar-refractivity contribution in [3.63, 3.8) is 0 Å². The van der Waals surface area contributed by atoms with Crippen molar-refractivity contribution in [1.82, 2.24) is 53.6 Å². The molecule has 3 fully saturated rings. The van der Waals surface area contributed by atoms with E-state index in [1.54, 1.807) is 18.5 Å². The summed E-state index contributed by atoms with van der Waals surface area (Å²) in [5, 5.41) is 28.2. The SMILES string of the molecule is Brc1ccc2c3cnccc3n(C(c3ccccc3)(c3ccccc3)c3ccccc3)c2n1.CC1(C)OB(B2OC(C)(C)C(C)(C)O2)OC1(C)C.CC1(C)OB(c2ccc3c4cnccc4n(C(c4ccccc4)(c4ccccc4)c4ccccc4)c3n2)OC1(C)C.O=[N+]([O-])c1cnccc1-c1ccc2c3cnccc3n(C(c3ccccc3)(c3ccccc3)c3ccccc3)c2n1.O=[N+]([O-])c1cnccc1Cl.[B]. The monoisotopic (exact) mass is 1980 g/mol. The van der Waals surface area contributed by atoms with Crippen LogP contribution in [0.25, 0.3) is 77.1 Å². The molecule has 29 heteroatoms. The lowest BCUT2D eigenvalue weighted by molar-refractivity contribution is -0.385. The van der Waals surface area contributed by atoms with Gasteiger partial charge in [0.25, 0.3) is 5.69 Å². The van der Waals surface area contributed by atoms with Crippen LogP contribution in [0.1, 0.15) is 133 Å². The Hall–Kier alpha value is -14.8. The molecule has 0 saturated carbocycles. The van der Waals surface area contributed by atoms with Gasteiger partial charge in [0.15, 0.2) is 0 Å². The number of aromatic nitrogens is 11. The lowest BCUT2D eigenvalue weighted by Gasteiger charge is -2.38. The predicted molar refractivity (Wildman–Crippen MR) is 576 cm³/mol. The number of benzene rings is 9. The van der Waals surface area contributed by atoms with E-state index in [-0.39, 0.29) is 47.2 Å². The van der Waals surface area contributed by atoms with Crippen molar-refractivity contribution in [2.75, 3.05) is 0 Å². The fraction of sp³-hybridized carbons (Fsp3) is 0.183. The van der Waals surface area contributed by atoms with Gasteiger partial charge in [-0.25, -0.2) is 15.0 Å². The van der Waals surface area contributed by atoms with Crippen molar-refractivity contribution in [1.29, 1.82) is 0 Å². The molecule has 11 aromatic heterocycles. The molecule has 0 spiro atoms. The Labute approximate surface area is 851 Å². The van der Waals surface area contributed by atoms with E-state index in [1.807, 2.05) is 171 Å². The molecule has 9 aromatic carbocycles. The Balaban J connectivity index is 0.000000125. The molecule has 0 N–H and O–H groups in total. The zero-order chi connectivity index (χ0) is 99.9. The average Bonchev–Trinajstić information content (AvgIpc) is 1.54. The number of nitrogens with zero attached hydrogens (tertiary/aromatic N) is 13. The zero-order valence-electron chi connectivity index (χ0n) is 81.6. The Morgan fingerprint density at radius 1 is 0.299 bits per heavy atom. The summed E-state index contributed by atoms with van der Waals surface area (Å²) < 4.78 is 44.6. The minimum absolute atomic E-state index is 0. The molecule has 3 aliphatic heterocycles. The maximum Gasteiger partial charge on any atom is 0.514 e. The minimum Gasteiger partial charge on any atom is -0.405 e. The van der Waals surface area contributed by atoms with Gasteiger partial charge in [-0.2, -0.15) is 0 Å². The maximum absolute atomic E-state index is 11.9. The Morgan fingerprint density at radius 2 is 0.556 bits per heavy atom. The predicted octanol–water partition coefficient (Wildman–Crippen LogP) is 24.8. The topological polar surface area (TPSA) is 260 Å². The number of hydrogen-bond donors (Lipinski definition) is 0. The molecule has 0 atom stereocenters. The molecule has 23 nitrogen and oxygen atoms in total. The van der Waals surface area contributed by atoms with E-state index >= 15 is 0 Å². The van der Waals surface area contributed by atoms with Crippen molar-refractivity contribution in [2.24, 2.45) is 0 Å². The lowest BCUT2D eigenvalue weighted by atomic mass is 9.49. The van der Waals surface area contributed by atoms with Gasteiger partial charge in [0.05, 0.1) is 76.9 Å². The summed E-state index contributed by atoms with van der Waals surface area (Å²) in [7, 11) is -1.53. The summed E-state index contributed by atoms with van der Waals surface area (Å²) in [6, 6.07) is 117. The second-order valence-electron chi connectivity index (χ2n) is 38.4. The van der Waals surface area contributed by atoms with Crippen LogP contribution in [0.4, 0.5) is 11.4 Å². The molecule has 3 radical (unpaired) electrons. The Kier molecular flexibility index (Phi) is 27.7. The zero-order valence-corrected chi connectivity index (χ0v) is 83.9. The molecule has 144 heavy (non-hydrogen) atoms. The van der Waals surface area contributed by atoms with E-state index in [1.165, 1.54) is 35.2 Å². The van der Waals surface area contributed by atoms with Gasteiger partial charge in [0.2, 0.25) is 0 Å². The highest BCUT2D eigenvalue weighted by molar-refractivity contribution is 9.10. The van der Waals surface area contributed by atoms with Gasteiger partial charge in [0.1, 0.15) is 55.6 Å². The highest BCUT2D eigenvalue weighted by Crippen LogP contribution is 2.52. The van der Waals surface area contributed by atoms with Crippen molar-refractivity contribution in [3.8, 4) is 11.3 Å². The van der Waals surface area contributed by atoms with E-state index in [0.29, 0.717) is 16.9 Å². The Morgan fingerprint density at radius 3 is 0.854 bits per heavy atom. The summed E-state index contributed by atoms with van der Waals surface area (Å²) in [6.07, 6.45) is 16.6. The molecule has 23 rings (SSSR count). The molecular formula is C115H102B4BrClN13O10. The van der Waals surface area contributed by atoms with Gasteiger partial charge in [-0.3, -0.25) is 45.1 Å². The smallest absolute Gasteiger partial charge is 0.405 e. The first-order valence-electron chi connectivity index (χ1n) is 47.2. The van der Waals surface area contributed by atoms with Crippen molar-refractivity contribution < 1.29 is 37.8 Å². The van der Waals surface area contributed by atoms with E-state index < -0.39 is 58.8 Å². The molecule has 14 heterocycles. The van der Waals surface area contributed by atoms with E-state index in [2.05, 4.69) is 325 Å². The highest BCUT2D eigenvalue weighted by Gasteiger charge is 2.64. The van der Waals surface area contributed by atoms with Gasteiger partial charge in [0, 0.05) is 90.3 Å². The lowest BCUT2D eigenvalue weighted by Crippen LogP contribution is -2.41. The summed E-state index contributed by atoms with van der Waals surface area (Å²) in [6.45, 7) is 24.5. The molecule has 3 aliphatic rings. The quantitative estimate of drug-likeness (QED) is 0.0270. The van der Waals surface area contributed by atoms with E-state index in [0.717, 1.165) is 110 Å². The second kappa shape index (κ2) is 40.2. The van der Waals surface area contributed by atoms with Crippen LogP contribution in [0.5, 0.6) is 0 Å². The molecular weight excluding hydrogens is 1880 g/mol. The largest absolute Gasteiger partial charge is 0.514 e. The van der Waals surface area contributed by atoms with Crippen molar-refractivity contribution in [2.45, 2.75) is 133 Å². The van der Waals surface area contributed by atoms with Gasteiger partial charge in [-0.15, -0.1) is 0 Å². The molecule has 3 saturated heterocycles. The Bertz CT molecular complexity index is 7650. The summed E-state index contributed by atoms with van der Waals surface area (Å²) >= 11 is 9.06. The van der Waals surface area contributed by atoms with Gasteiger partial charge >= 0.3 is 26.8 Å². The van der Waals surface area contributed by atoms with E-state index in [9.17, 15) is 20.2 Å². The minimum atomic E-state index is -0.832. The third-order valence-corrected chi connectivity index (χ3v) is 29.2. The number of hydrogen-bond acceptors (Lipinski definition) is 18. The van der Waals surface area contributed by atoms with Crippen LogP contribution in [0.15, 0.2) is 406 Å². The van der Waals surface area contributed by atoms with Crippen molar-refractivity contribution >= 4 is 140 Å². The maximum atomic E-state index is 11.9. The van der Waals surface area contributed by atoms with E-state index in [4.69, 9.17) is 54.5 Å². The first-order valence-corrected chi connectivity index (χ1v) is 48.4. The summed E-state index contributed by atoms with van der Waals surface area (Å²) in [5.41, 5.74) is 12.4. The number of pyridine rings is 8. The highest BCUT2D eigenvalue weighted by atomic mass is 79.9. The van der Waals surface area contributed by atoms with Gasteiger partial charge < -0.3 is 41.6 Å². The van der Waals surface area contributed by atoms with Crippen LogP contribution in [-0.4, -0.2) is 127 Å². The van der Waals surface area contributed by atoms with Crippen LogP contribution in [0.2, 0.25) is 5.02 Å². The van der Waals surface area contributed by atoms with Crippen LogP contribution in [0.3, 0.4) is 0 Å². The molecule has 713 valence electrons. The van der Waals surface area contributed by atoms with Crippen LogP contribution in [-0.2, 0) is 44.5 Å². The number of nitro groups is 2.